The molecule has 3 saturated heterocycles. The highest BCUT2D eigenvalue weighted by atomic mass is 16.6. The molecule has 5 heteroatoms. The SMILES string of the molecule is Cc1cc(OCCC2CO2)ccc1N(C)C1(CCC2CO2)CO1. The van der Waals surface area contributed by atoms with Crippen LogP contribution in [0.3, 0.4) is 0 Å². The molecule has 23 heavy (non-hydrogen) atoms. The molecule has 3 aliphatic rings. The zero-order valence-electron chi connectivity index (χ0n) is 13.9. The highest BCUT2D eigenvalue weighted by Gasteiger charge is 2.49. The predicted octanol–water partition coefficient (Wildman–Crippen LogP) is 2.50. The maximum Gasteiger partial charge on any atom is 0.164 e. The van der Waals surface area contributed by atoms with E-state index in [4.69, 9.17) is 18.9 Å². The number of nitrogens with zero attached hydrogens (tertiary/aromatic N) is 1. The molecule has 0 aromatic heterocycles. The van der Waals surface area contributed by atoms with Gasteiger partial charge in [-0.3, -0.25) is 0 Å². The molecule has 3 atom stereocenters. The standard InChI is InChI=1S/C18H25NO4/c1-13-9-14(20-8-6-16-11-22-16)3-4-17(13)19(2)18(12-23-18)7-5-15-10-21-15/h3-4,9,15-16H,5-8,10-12H2,1-2H3. The highest BCUT2D eigenvalue weighted by molar-refractivity contribution is 5.57. The van der Waals surface area contributed by atoms with Gasteiger partial charge < -0.3 is 23.8 Å². The van der Waals surface area contributed by atoms with Crippen molar-refractivity contribution in [2.45, 2.75) is 44.1 Å². The molecule has 0 amide bonds. The van der Waals surface area contributed by atoms with Crippen molar-refractivity contribution in [3.63, 3.8) is 0 Å². The normalized spacial score (nSPS) is 30.9. The molecule has 0 bridgehead atoms. The summed E-state index contributed by atoms with van der Waals surface area (Å²) >= 11 is 0. The second kappa shape index (κ2) is 5.96. The van der Waals surface area contributed by atoms with Gasteiger partial charge in [0.15, 0.2) is 5.72 Å². The minimum absolute atomic E-state index is 0.137. The van der Waals surface area contributed by atoms with Crippen LogP contribution in [0, 0.1) is 6.92 Å². The number of hydrogen-bond acceptors (Lipinski definition) is 5. The summed E-state index contributed by atoms with van der Waals surface area (Å²) in [5.74, 6) is 0.928. The Balaban J connectivity index is 1.36. The molecule has 3 heterocycles. The molecular weight excluding hydrogens is 294 g/mol. The summed E-state index contributed by atoms with van der Waals surface area (Å²) in [6.07, 6.45) is 3.95. The van der Waals surface area contributed by atoms with E-state index in [0.717, 1.165) is 44.8 Å². The number of aryl methyl sites for hydroxylation is 1. The Labute approximate surface area is 137 Å². The van der Waals surface area contributed by atoms with Crippen LogP contribution in [0.1, 0.15) is 24.8 Å². The van der Waals surface area contributed by atoms with Crippen molar-refractivity contribution in [3.8, 4) is 5.75 Å². The third kappa shape index (κ3) is 3.62. The molecule has 0 spiro atoms. The molecule has 3 aliphatic heterocycles. The predicted molar refractivity (Wildman–Crippen MR) is 87.1 cm³/mol. The molecule has 4 rings (SSSR count). The molecule has 0 saturated carbocycles. The van der Waals surface area contributed by atoms with E-state index in [2.05, 4.69) is 31.0 Å². The third-order valence-corrected chi connectivity index (χ3v) is 4.99. The van der Waals surface area contributed by atoms with E-state index in [-0.39, 0.29) is 5.72 Å². The molecule has 126 valence electrons. The summed E-state index contributed by atoms with van der Waals surface area (Å²) in [5.41, 5.74) is 2.28. The van der Waals surface area contributed by atoms with E-state index >= 15 is 0 Å². The van der Waals surface area contributed by atoms with E-state index in [1.165, 1.54) is 11.3 Å². The molecule has 3 fully saturated rings. The highest BCUT2D eigenvalue weighted by Crippen LogP contribution is 2.41. The van der Waals surface area contributed by atoms with Gasteiger partial charge in [0.1, 0.15) is 5.75 Å². The summed E-state index contributed by atoms with van der Waals surface area (Å²) in [6, 6.07) is 6.29. The maximum absolute atomic E-state index is 5.81. The van der Waals surface area contributed by atoms with Gasteiger partial charge >= 0.3 is 0 Å². The monoisotopic (exact) mass is 319 g/mol. The molecule has 1 aromatic rings. The van der Waals surface area contributed by atoms with E-state index < -0.39 is 0 Å². The van der Waals surface area contributed by atoms with Gasteiger partial charge in [0.25, 0.3) is 0 Å². The second-order valence-electron chi connectivity index (χ2n) is 6.83. The van der Waals surface area contributed by atoms with E-state index in [1.54, 1.807) is 0 Å². The van der Waals surface area contributed by atoms with Gasteiger partial charge in [-0.05, 0) is 37.1 Å². The quantitative estimate of drug-likeness (QED) is 0.655. The van der Waals surface area contributed by atoms with Crippen LogP contribution in [0.2, 0.25) is 0 Å². The molecule has 3 unspecified atom stereocenters. The van der Waals surface area contributed by atoms with E-state index in [0.29, 0.717) is 18.8 Å². The van der Waals surface area contributed by atoms with Gasteiger partial charge in [-0.25, -0.2) is 0 Å². The minimum Gasteiger partial charge on any atom is -0.493 e. The number of hydrogen-bond donors (Lipinski definition) is 0. The summed E-state index contributed by atoms with van der Waals surface area (Å²) in [5, 5.41) is 0. The van der Waals surface area contributed by atoms with Crippen molar-refractivity contribution in [2.24, 2.45) is 0 Å². The van der Waals surface area contributed by atoms with Crippen LogP contribution in [0.25, 0.3) is 0 Å². The lowest BCUT2D eigenvalue weighted by Crippen LogP contribution is -2.36. The Morgan fingerprint density at radius 3 is 2.52 bits per heavy atom. The smallest absolute Gasteiger partial charge is 0.164 e. The maximum atomic E-state index is 5.81. The van der Waals surface area contributed by atoms with Crippen LogP contribution >= 0.6 is 0 Å². The minimum atomic E-state index is -0.137. The van der Waals surface area contributed by atoms with Crippen LogP contribution in [0.4, 0.5) is 5.69 Å². The third-order valence-electron chi connectivity index (χ3n) is 4.99. The van der Waals surface area contributed by atoms with Crippen LogP contribution in [0.15, 0.2) is 18.2 Å². The lowest BCUT2D eigenvalue weighted by molar-refractivity contribution is 0.268. The summed E-state index contributed by atoms with van der Waals surface area (Å²) in [4.78, 5) is 2.27. The molecule has 0 N–H and O–H groups in total. The average Bonchev–Trinajstić information content (AvgIpc) is 3.38. The number of rotatable bonds is 9. The summed E-state index contributed by atoms with van der Waals surface area (Å²) in [7, 11) is 2.12. The molecular formula is C18H25NO4. The van der Waals surface area contributed by atoms with Gasteiger partial charge in [0.05, 0.1) is 38.6 Å². The number of anilines is 1. The summed E-state index contributed by atoms with van der Waals surface area (Å²) in [6.45, 7) is 5.45. The lowest BCUT2D eigenvalue weighted by Gasteiger charge is -2.28. The fraction of sp³-hybridized carbons (Fsp3) is 0.667. The van der Waals surface area contributed by atoms with Crippen LogP contribution in [-0.4, -0.2) is 51.4 Å². The first-order valence-corrected chi connectivity index (χ1v) is 8.51. The fourth-order valence-corrected chi connectivity index (χ4v) is 3.07. The molecule has 0 aliphatic carbocycles. The zero-order valence-corrected chi connectivity index (χ0v) is 13.9. The average molecular weight is 319 g/mol. The van der Waals surface area contributed by atoms with Crippen molar-refractivity contribution in [1.29, 1.82) is 0 Å². The Morgan fingerprint density at radius 1 is 1.22 bits per heavy atom. The molecule has 0 radical (unpaired) electrons. The number of epoxide rings is 3. The lowest BCUT2D eigenvalue weighted by atomic mass is 10.1. The summed E-state index contributed by atoms with van der Waals surface area (Å²) < 4.78 is 22.1. The van der Waals surface area contributed by atoms with Gasteiger partial charge in [0, 0.05) is 25.6 Å². The Hall–Kier alpha value is -1.30. The van der Waals surface area contributed by atoms with Crippen LogP contribution in [-0.2, 0) is 14.2 Å². The second-order valence-corrected chi connectivity index (χ2v) is 6.83. The Morgan fingerprint density at radius 2 is 1.91 bits per heavy atom. The fourth-order valence-electron chi connectivity index (χ4n) is 3.07. The van der Waals surface area contributed by atoms with Crippen molar-refractivity contribution in [1.82, 2.24) is 0 Å². The zero-order chi connectivity index (χ0) is 15.9. The molecule has 5 nitrogen and oxygen atoms in total. The van der Waals surface area contributed by atoms with Crippen molar-refractivity contribution in [3.05, 3.63) is 23.8 Å². The van der Waals surface area contributed by atoms with Crippen LogP contribution < -0.4 is 9.64 Å². The number of ether oxygens (including phenoxy) is 4. The first-order valence-electron chi connectivity index (χ1n) is 8.51. The van der Waals surface area contributed by atoms with Crippen molar-refractivity contribution in [2.75, 3.05) is 38.4 Å². The van der Waals surface area contributed by atoms with Gasteiger partial charge in [0.2, 0.25) is 0 Å². The number of likely N-dealkylation sites (N-methyl/N-ethyl adjacent to an activating group) is 1. The largest absolute Gasteiger partial charge is 0.493 e. The Kier molecular flexibility index (Phi) is 3.95. The van der Waals surface area contributed by atoms with Crippen molar-refractivity contribution >= 4 is 5.69 Å². The number of benzene rings is 1. The van der Waals surface area contributed by atoms with Gasteiger partial charge in [-0.1, -0.05) is 0 Å². The van der Waals surface area contributed by atoms with E-state index in [9.17, 15) is 0 Å². The van der Waals surface area contributed by atoms with Gasteiger partial charge in [-0.15, -0.1) is 0 Å². The van der Waals surface area contributed by atoms with E-state index in [1.807, 2.05) is 6.07 Å². The molecule has 1 aromatic carbocycles. The van der Waals surface area contributed by atoms with Crippen LogP contribution in [0.5, 0.6) is 5.75 Å². The first-order chi connectivity index (χ1) is 11.2. The topological polar surface area (TPSA) is 50.1 Å². The first kappa shape index (κ1) is 15.2. The van der Waals surface area contributed by atoms with Crippen molar-refractivity contribution < 1.29 is 18.9 Å². The Bertz CT molecular complexity index is 564. The van der Waals surface area contributed by atoms with Gasteiger partial charge in [-0.2, -0.15) is 0 Å².